The van der Waals surface area contributed by atoms with Gasteiger partial charge in [0.05, 0.1) is 13.7 Å². The van der Waals surface area contributed by atoms with Gasteiger partial charge >= 0.3 is 0 Å². The first-order valence-electron chi connectivity index (χ1n) is 9.48. The molecule has 148 valence electrons. The number of amides is 2. The number of Topliss-reactive ketones (excluding diaryl/α,β-unsaturated/α-hetero) is 1. The highest BCUT2D eigenvalue weighted by Crippen LogP contribution is 2.22. The van der Waals surface area contributed by atoms with Crippen LogP contribution < -0.4 is 15.0 Å². The third-order valence-corrected chi connectivity index (χ3v) is 5.03. The summed E-state index contributed by atoms with van der Waals surface area (Å²) in [5.41, 5.74) is 1.06. The van der Waals surface area contributed by atoms with E-state index in [1.807, 2.05) is 38.1 Å². The Balaban J connectivity index is 1.81. The van der Waals surface area contributed by atoms with E-state index in [9.17, 15) is 14.4 Å². The number of piperazine rings is 1. The van der Waals surface area contributed by atoms with Gasteiger partial charge in [0.25, 0.3) is 5.91 Å². The van der Waals surface area contributed by atoms with Crippen LogP contribution in [0.3, 0.4) is 0 Å². The molecule has 0 radical (unpaired) electrons. The largest absolute Gasteiger partial charge is 0.497 e. The second-order valence-electron chi connectivity index (χ2n) is 6.63. The molecule has 0 spiro atoms. The maximum Gasteiger partial charge on any atom is 0.288 e. The number of methoxy groups -OCH3 is 1. The Labute approximate surface area is 160 Å². The second kappa shape index (κ2) is 9.94. The SMILES string of the molecule is CCC(CC)C(=O)C(=O)NCC(=O)N1CCN(c2cccc(OC)c2)CC1. The predicted molar refractivity (Wildman–Crippen MR) is 104 cm³/mol. The van der Waals surface area contributed by atoms with Crippen LogP contribution in [0.2, 0.25) is 0 Å². The first-order chi connectivity index (χ1) is 13.0. The maximum atomic E-state index is 12.3. The lowest BCUT2D eigenvalue weighted by atomic mass is 9.98. The summed E-state index contributed by atoms with van der Waals surface area (Å²) in [5, 5.41) is 2.48. The van der Waals surface area contributed by atoms with Gasteiger partial charge in [-0.25, -0.2) is 0 Å². The van der Waals surface area contributed by atoms with E-state index in [2.05, 4.69) is 10.2 Å². The van der Waals surface area contributed by atoms with Gasteiger partial charge in [-0.1, -0.05) is 19.9 Å². The second-order valence-corrected chi connectivity index (χ2v) is 6.63. The zero-order valence-electron chi connectivity index (χ0n) is 16.4. The van der Waals surface area contributed by atoms with E-state index in [1.165, 1.54) is 0 Å². The molecule has 7 heteroatoms. The highest BCUT2D eigenvalue weighted by atomic mass is 16.5. The van der Waals surface area contributed by atoms with Gasteiger partial charge in [-0.2, -0.15) is 0 Å². The zero-order valence-corrected chi connectivity index (χ0v) is 16.4. The monoisotopic (exact) mass is 375 g/mol. The summed E-state index contributed by atoms with van der Waals surface area (Å²) in [6, 6.07) is 7.83. The van der Waals surface area contributed by atoms with Gasteiger partial charge in [-0.3, -0.25) is 14.4 Å². The molecule has 1 N–H and O–H groups in total. The molecule has 0 bridgehead atoms. The molecule has 1 fully saturated rings. The number of hydrogen-bond donors (Lipinski definition) is 1. The zero-order chi connectivity index (χ0) is 19.8. The van der Waals surface area contributed by atoms with Crippen molar-refractivity contribution in [2.24, 2.45) is 5.92 Å². The van der Waals surface area contributed by atoms with Crippen LogP contribution >= 0.6 is 0 Å². The lowest BCUT2D eigenvalue weighted by Crippen LogP contribution is -2.51. The van der Waals surface area contributed by atoms with E-state index >= 15 is 0 Å². The number of hydrogen-bond acceptors (Lipinski definition) is 5. The molecule has 0 aromatic heterocycles. The predicted octanol–water partition coefficient (Wildman–Crippen LogP) is 1.47. The summed E-state index contributed by atoms with van der Waals surface area (Å²) in [6.07, 6.45) is 1.26. The number of rotatable bonds is 8. The third kappa shape index (κ3) is 5.45. The first-order valence-corrected chi connectivity index (χ1v) is 9.48. The molecule has 1 heterocycles. The van der Waals surface area contributed by atoms with E-state index in [0.29, 0.717) is 39.0 Å². The minimum atomic E-state index is -0.660. The van der Waals surface area contributed by atoms with Crippen molar-refractivity contribution < 1.29 is 19.1 Å². The average Bonchev–Trinajstić information content (AvgIpc) is 2.72. The molecule has 1 aromatic carbocycles. The van der Waals surface area contributed by atoms with E-state index in [-0.39, 0.29) is 18.4 Å². The van der Waals surface area contributed by atoms with Gasteiger partial charge in [0, 0.05) is 43.9 Å². The molecule has 7 nitrogen and oxygen atoms in total. The van der Waals surface area contributed by atoms with Crippen molar-refractivity contribution >= 4 is 23.3 Å². The smallest absolute Gasteiger partial charge is 0.288 e. The minimum absolute atomic E-state index is 0.135. The Morgan fingerprint density at radius 2 is 1.78 bits per heavy atom. The van der Waals surface area contributed by atoms with E-state index < -0.39 is 11.7 Å². The summed E-state index contributed by atoms with van der Waals surface area (Å²) >= 11 is 0. The maximum absolute atomic E-state index is 12.3. The molecular formula is C20H29N3O4. The average molecular weight is 375 g/mol. The van der Waals surface area contributed by atoms with Crippen molar-refractivity contribution in [1.29, 1.82) is 0 Å². The number of ether oxygens (including phenoxy) is 1. The van der Waals surface area contributed by atoms with Gasteiger partial charge in [0.1, 0.15) is 5.75 Å². The van der Waals surface area contributed by atoms with E-state index in [4.69, 9.17) is 4.74 Å². The lowest BCUT2D eigenvalue weighted by molar-refractivity contribution is -0.141. The van der Waals surface area contributed by atoms with Crippen LogP contribution in [0.15, 0.2) is 24.3 Å². The van der Waals surface area contributed by atoms with Crippen molar-refractivity contribution in [3.63, 3.8) is 0 Å². The van der Waals surface area contributed by atoms with Crippen LogP contribution in [0, 0.1) is 5.92 Å². The van der Waals surface area contributed by atoms with Crippen molar-refractivity contribution in [2.45, 2.75) is 26.7 Å². The topological polar surface area (TPSA) is 79.0 Å². The molecule has 0 aliphatic carbocycles. The molecule has 0 saturated carbocycles. The molecule has 2 amide bonds. The molecule has 1 aromatic rings. The van der Waals surface area contributed by atoms with Crippen LogP contribution in [0.4, 0.5) is 5.69 Å². The third-order valence-electron chi connectivity index (χ3n) is 5.03. The van der Waals surface area contributed by atoms with Crippen LogP contribution in [0.25, 0.3) is 0 Å². The van der Waals surface area contributed by atoms with Gasteiger partial charge in [-0.15, -0.1) is 0 Å². The summed E-state index contributed by atoms with van der Waals surface area (Å²) in [5.74, 6) is -0.726. The fourth-order valence-corrected chi connectivity index (χ4v) is 3.22. The molecule has 27 heavy (non-hydrogen) atoms. The normalized spacial score (nSPS) is 14.2. The standard InChI is InChI=1S/C20H29N3O4/c1-4-15(5-2)19(25)20(26)21-14-18(24)23-11-9-22(10-12-23)16-7-6-8-17(13-16)27-3/h6-8,13,15H,4-5,9-12,14H2,1-3H3,(H,21,26). The number of carbonyl (C=O) groups excluding carboxylic acids is 3. The van der Waals surface area contributed by atoms with Crippen LogP contribution in [0.1, 0.15) is 26.7 Å². The highest BCUT2D eigenvalue weighted by molar-refractivity contribution is 6.37. The molecule has 0 atom stereocenters. The summed E-state index contributed by atoms with van der Waals surface area (Å²) in [4.78, 5) is 40.2. The first kappa shape index (κ1) is 20.7. The fraction of sp³-hybridized carbons (Fsp3) is 0.550. The quantitative estimate of drug-likeness (QED) is 0.696. The number of ketones is 1. The Kier molecular flexibility index (Phi) is 7.64. The Hall–Kier alpha value is -2.57. The number of nitrogens with zero attached hydrogens (tertiary/aromatic N) is 2. The van der Waals surface area contributed by atoms with Crippen molar-refractivity contribution in [3.05, 3.63) is 24.3 Å². The van der Waals surface area contributed by atoms with Gasteiger partial charge in [-0.05, 0) is 25.0 Å². The highest BCUT2D eigenvalue weighted by Gasteiger charge is 2.25. The van der Waals surface area contributed by atoms with E-state index in [0.717, 1.165) is 11.4 Å². The van der Waals surface area contributed by atoms with Crippen molar-refractivity contribution in [1.82, 2.24) is 10.2 Å². The van der Waals surface area contributed by atoms with Gasteiger partial charge in [0.15, 0.2) is 0 Å². The van der Waals surface area contributed by atoms with Crippen molar-refractivity contribution in [2.75, 3.05) is 44.7 Å². The number of benzene rings is 1. The fourth-order valence-electron chi connectivity index (χ4n) is 3.22. The summed E-state index contributed by atoms with van der Waals surface area (Å²) < 4.78 is 5.25. The summed E-state index contributed by atoms with van der Waals surface area (Å²) in [6.45, 7) is 6.19. The minimum Gasteiger partial charge on any atom is -0.497 e. The van der Waals surface area contributed by atoms with Crippen molar-refractivity contribution in [3.8, 4) is 5.75 Å². The Morgan fingerprint density at radius 3 is 2.37 bits per heavy atom. The lowest BCUT2D eigenvalue weighted by Gasteiger charge is -2.36. The molecular weight excluding hydrogens is 346 g/mol. The number of carbonyl (C=O) groups is 3. The molecule has 1 aliphatic rings. The van der Waals surface area contributed by atoms with Gasteiger partial charge < -0.3 is 19.9 Å². The van der Waals surface area contributed by atoms with E-state index in [1.54, 1.807) is 12.0 Å². The Morgan fingerprint density at radius 1 is 1.11 bits per heavy atom. The molecule has 1 saturated heterocycles. The molecule has 0 unspecified atom stereocenters. The number of nitrogens with one attached hydrogen (secondary N) is 1. The van der Waals surface area contributed by atoms with Crippen LogP contribution in [-0.4, -0.2) is 62.3 Å². The number of anilines is 1. The Bertz CT molecular complexity index is 665. The molecule has 2 rings (SSSR count). The van der Waals surface area contributed by atoms with Gasteiger partial charge in [0.2, 0.25) is 11.7 Å². The molecule has 1 aliphatic heterocycles. The summed E-state index contributed by atoms with van der Waals surface area (Å²) in [7, 11) is 1.64. The van der Waals surface area contributed by atoms with Crippen LogP contribution in [-0.2, 0) is 14.4 Å². The van der Waals surface area contributed by atoms with Crippen LogP contribution in [0.5, 0.6) is 5.75 Å².